The molecule has 0 bridgehead atoms. The van der Waals surface area contributed by atoms with Gasteiger partial charge in [-0.2, -0.15) is 18.3 Å². The molecule has 1 N–H and O–H groups in total. The molecule has 0 saturated carbocycles. The lowest BCUT2D eigenvalue weighted by molar-refractivity contribution is -0.137. The number of anilines is 1. The van der Waals surface area contributed by atoms with Crippen LogP contribution in [0.3, 0.4) is 0 Å². The average molecular weight is 477 g/mol. The summed E-state index contributed by atoms with van der Waals surface area (Å²) in [5, 5.41) is 7.14. The average Bonchev–Trinajstić information content (AvgIpc) is 3.28. The van der Waals surface area contributed by atoms with Crippen LogP contribution in [0.5, 0.6) is 0 Å². The first-order chi connectivity index (χ1) is 15.2. The molecule has 0 spiro atoms. The van der Waals surface area contributed by atoms with Gasteiger partial charge >= 0.3 is 6.18 Å². The fourth-order valence-electron chi connectivity index (χ4n) is 3.63. The van der Waals surface area contributed by atoms with E-state index >= 15 is 0 Å². The number of aromatic amines is 1. The molecule has 160 valence electrons. The SMILES string of the molecule is O=C1c2cnc3n[nH]c(-c4ccc(Cl)cc4)c3c2C(=O)N1c1ccc(Cl)c(C(F)(F)F)c1. The Morgan fingerprint density at radius 1 is 0.969 bits per heavy atom. The molecule has 5 rings (SSSR count). The molecular weight excluding hydrogens is 468 g/mol. The Labute approximate surface area is 187 Å². The molecule has 3 heterocycles. The first-order valence-corrected chi connectivity index (χ1v) is 9.81. The summed E-state index contributed by atoms with van der Waals surface area (Å²) in [5.41, 5.74) is -0.194. The number of nitrogens with one attached hydrogen (secondary N) is 1. The van der Waals surface area contributed by atoms with Gasteiger partial charge < -0.3 is 0 Å². The zero-order chi connectivity index (χ0) is 22.8. The minimum absolute atomic E-state index is 0.00205. The molecule has 1 aliphatic heterocycles. The Kier molecular flexibility index (Phi) is 4.51. The molecule has 6 nitrogen and oxygen atoms in total. The van der Waals surface area contributed by atoms with Gasteiger partial charge in [-0.3, -0.25) is 14.7 Å². The van der Waals surface area contributed by atoms with Crippen molar-refractivity contribution in [1.29, 1.82) is 0 Å². The zero-order valence-corrected chi connectivity index (χ0v) is 17.2. The van der Waals surface area contributed by atoms with Crippen molar-refractivity contribution in [2.75, 3.05) is 4.90 Å². The largest absolute Gasteiger partial charge is 0.417 e. The van der Waals surface area contributed by atoms with E-state index in [-0.39, 0.29) is 27.8 Å². The van der Waals surface area contributed by atoms with Crippen LogP contribution in [-0.4, -0.2) is 27.0 Å². The van der Waals surface area contributed by atoms with Crippen molar-refractivity contribution in [1.82, 2.24) is 15.2 Å². The van der Waals surface area contributed by atoms with Crippen molar-refractivity contribution in [3.63, 3.8) is 0 Å². The van der Waals surface area contributed by atoms with Crippen LogP contribution in [-0.2, 0) is 6.18 Å². The minimum atomic E-state index is -4.76. The van der Waals surface area contributed by atoms with E-state index < -0.39 is 28.6 Å². The fraction of sp³-hybridized carbons (Fsp3) is 0.0476. The summed E-state index contributed by atoms with van der Waals surface area (Å²) in [6, 6.07) is 9.53. The third kappa shape index (κ3) is 3.04. The van der Waals surface area contributed by atoms with Crippen molar-refractivity contribution in [2.24, 2.45) is 0 Å². The number of halogens is 5. The summed E-state index contributed by atoms with van der Waals surface area (Å²) in [4.78, 5) is 31.1. The van der Waals surface area contributed by atoms with E-state index in [1.54, 1.807) is 24.3 Å². The predicted octanol–water partition coefficient (Wildman–Crippen LogP) is 5.75. The molecule has 0 aliphatic carbocycles. The van der Waals surface area contributed by atoms with Gasteiger partial charge in [0, 0.05) is 16.8 Å². The molecule has 11 heteroatoms. The molecule has 2 aromatic carbocycles. The van der Waals surface area contributed by atoms with Crippen molar-refractivity contribution in [2.45, 2.75) is 6.18 Å². The Bertz CT molecular complexity index is 1430. The molecule has 2 aromatic heterocycles. The number of alkyl halides is 3. The number of nitrogens with zero attached hydrogens (tertiary/aromatic N) is 3. The highest BCUT2D eigenvalue weighted by molar-refractivity contribution is 6.38. The smallest absolute Gasteiger partial charge is 0.275 e. The van der Waals surface area contributed by atoms with Gasteiger partial charge in [-0.25, -0.2) is 9.88 Å². The second-order valence-corrected chi connectivity index (χ2v) is 7.80. The number of amides is 2. The molecule has 0 atom stereocenters. The van der Waals surface area contributed by atoms with Gasteiger partial charge in [-0.05, 0) is 30.3 Å². The number of hydrogen-bond donors (Lipinski definition) is 1. The van der Waals surface area contributed by atoms with Gasteiger partial charge in [0.2, 0.25) is 0 Å². The van der Waals surface area contributed by atoms with Gasteiger partial charge in [0.15, 0.2) is 5.65 Å². The molecule has 0 fully saturated rings. The van der Waals surface area contributed by atoms with Crippen LogP contribution in [0.1, 0.15) is 26.3 Å². The third-order valence-corrected chi connectivity index (χ3v) is 5.66. The number of hydrogen-bond acceptors (Lipinski definition) is 4. The van der Waals surface area contributed by atoms with Crippen LogP contribution < -0.4 is 4.90 Å². The molecule has 4 aromatic rings. The van der Waals surface area contributed by atoms with Gasteiger partial charge in [-0.15, -0.1) is 0 Å². The van der Waals surface area contributed by atoms with Crippen molar-refractivity contribution in [3.8, 4) is 11.3 Å². The van der Waals surface area contributed by atoms with Crippen molar-refractivity contribution in [3.05, 3.63) is 75.4 Å². The van der Waals surface area contributed by atoms with Gasteiger partial charge in [-0.1, -0.05) is 35.3 Å². The lowest BCUT2D eigenvalue weighted by Gasteiger charge is -2.17. The van der Waals surface area contributed by atoms with E-state index in [1.807, 2.05) is 0 Å². The van der Waals surface area contributed by atoms with Crippen LogP contribution in [0.25, 0.3) is 22.3 Å². The second-order valence-electron chi connectivity index (χ2n) is 6.96. The highest BCUT2D eigenvalue weighted by atomic mass is 35.5. The van der Waals surface area contributed by atoms with E-state index in [4.69, 9.17) is 23.2 Å². The summed E-state index contributed by atoms with van der Waals surface area (Å²) in [6.07, 6.45) is -3.57. The van der Waals surface area contributed by atoms with Gasteiger partial charge in [0.1, 0.15) is 0 Å². The molecule has 1 aliphatic rings. The standard InChI is InChI=1S/C21H9Cl2F3N4O2/c22-10-3-1-9(2-4-10)17-16-15-12(8-27-18(16)29-28-17)19(31)30(20(15)32)11-5-6-14(23)13(7-11)21(24,25)26/h1-8H,(H,27,28,29). The summed E-state index contributed by atoms with van der Waals surface area (Å²) >= 11 is 11.6. The predicted molar refractivity (Wildman–Crippen MR) is 112 cm³/mol. The molecule has 0 saturated heterocycles. The van der Waals surface area contributed by atoms with E-state index in [9.17, 15) is 22.8 Å². The molecular formula is C21H9Cl2F3N4O2. The monoisotopic (exact) mass is 476 g/mol. The minimum Gasteiger partial charge on any atom is -0.275 e. The van der Waals surface area contributed by atoms with Gasteiger partial charge in [0.25, 0.3) is 11.8 Å². The maximum atomic E-state index is 13.3. The molecule has 0 radical (unpaired) electrons. The number of carbonyl (C=O) groups excluding carboxylic acids is 2. The maximum Gasteiger partial charge on any atom is 0.417 e. The summed E-state index contributed by atoms with van der Waals surface area (Å²) in [5.74, 6) is -1.58. The number of aromatic nitrogens is 3. The number of imide groups is 1. The fourth-order valence-corrected chi connectivity index (χ4v) is 3.98. The Morgan fingerprint density at radius 2 is 1.69 bits per heavy atom. The van der Waals surface area contributed by atoms with E-state index in [0.717, 1.165) is 6.07 Å². The number of pyridine rings is 1. The second kappa shape index (κ2) is 7.04. The normalized spacial score (nSPS) is 13.8. The first-order valence-electron chi connectivity index (χ1n) is 9.05. The van der Waals surface area contributed by atoms with E-state index in [0.29, 0.717) is 27.2 Å². The summed E-state index contributed by atoms with van der Waals surface area (Å²) < 4.78 is 39.9. The van der Waals surface area contributed by atoms with Crippen LogP contribution in [0, 0.1) is 0 Å². The number of carbonyl (C=O) groups is 2. The van der Waals surface area contributed by atoms with Crippen LogP contribution in [0.15, 0.2) is 48.7 Å². The number of benzene rings is 2. The lowest BCUT2D eigenvalue weighted by Crippen LogP contribution is -2.29. The Morgan fingerprint density at radius 3 is 2.38 bits per heavy atom. The van der Waals surface area contributed by atoms with Crippen LogP contribution in [0.4, 0.5) is 18.9 Å². The number of fused-ring (bicyclic) bond motifs is 3. The van der Waals surface area contributed by atoms with E-state index in [2.05, 4.69) is 15.2 Å². The Balaban J connectivity index is 1.69. The summed E-state index contributed by atoms with van der Waals surface area (Å²) in [6.45, 7) is 0. The van der Waals surface area contributed by atoms with Crippen molar-refractivity contribution >= 4 is 51.7 Å². The first kappa shape index (κ1) is 20.5. The topological polar surface area (TPSA) is 79.0 Å². The summed E-state index contributed by atoms with van der Waals surface area (Å²) in [7, 11) is 0. The zero-order valence-electron chi connectivity index (χ0n) is 15.7. The number of H-pyrrole nitrogens is 1. The maximum absolute atomic E-state index is 13.3. The van der Waals surface area contributed by atoms with Crippen LogP contribution >= 0.6 is 23.2 Å². The highest BCUT2D eigenvalue weighted by Gasteiger charge is 2.41. The molecule has 0 unspecified atom stereocenters. The van der Waals surface area contributed by atoms with Gasteiger partial charge in [0.05, 0.1) is 38.5 Å². The lowest BCUT2D eigenvalue weighted by atomic mass is 10.0. The quantitative estimate of drug-likeness (QED) is 0.373. The van der Waals surface area contributed by atoms with Crippen molar-refractivity contribution < 1.29 is 22.8 Å². The Hall–Kier alpha value is -3.43. The van der Waals surface area contributed by atoms with Crippen LogP contribution in [0.2, 0.25) is 10.0 Å². The number of rotatable bonds is 2. The van der Waals surface area contributed by atoms with E-state index in [1.165, 1.54) is 12.3 Å². The highest BCUT2D eigenvalue weighted by Crippen LogP contribution is 2.40. The molecule has 2 amide bonds. The third-order valence-electron chi connectivity index (χ3n) is 5.08. The molecule has 32 heavy (non-hydrogen) atoms.